The molecule has 0 rings (SSSR count). The standard InChI is InChI=1S/C13H27NO3S/c1-3-4-5-6-7-8-9-10-11-18(16,17)12(2)13(14)15/h12H,3-11H2,1-2H3,(H2,14,15)/t12-/m0/s1. The van der Waals surface area contributed by atoms with Crippen LogP contribution in [0.3, 0.4) is 0 Å². The number of primary amides is 1. The molecule has 0 heterocycles. The van der Waals surface area contributed by atoms with Gasteiger partial charge in [0.1, 0.15) is 5.25 Å². The average molecular weight is 277 g/mol. The fourth-order valence-electron chi connectivity index (χ4n) is 1.79. The van der Waals surface area contributed by atoms with Crippen molar-refractivity contribution < 1.29 is 13.2 Å². The summed E-state index contributed by atoms with van der Waals surface area (Å²) < 4.78 is 23.3. The average Bonchev–Trinajstić information content (AvgIpc) is 2.31. The van der Waals surface area contributed by atoms with E-state index in [0.717, 1.165) is 12.8 Å². The minimum atomic E-state index is -3.34. The smallest absolute Gasteiger partial charge is 0.235 e. The third-order valence-corrected chi connectivity index (χ3v) is 5.39. The van der Waals surface area contributed by atoms with Gasteiger partial charge < -0.3 is 5.73 Å². The van der Waals surface area contributed by atoms with Crippen LogP contribution in [0.4, 0.5) is 0 Å². The first-order valence-corrected chi connectivity index (χ1v) is 8.64. The summed E-state index contributed by atoms with van der Waals surface area (Å²) in [5.41, 5.74) is 5.00. The molecular formula is C13H27NO3S. The third kappa shape index (κ3) is 7.69. The van der Waals surface area contributed by atoms with E-state index in [2.05, 4.69) is 6.92 Å². The van der Waals surface area contributed by atoms with Gasteiger partial charge in [-0.2, -0.15) is 0 Å². The Morgan fingerprint density at radius 1 is 1.00 bits per heavy atom. The number of hydrogen-bond donors (Lipinski definition) is 1. The predicted octanol–water partition coefficient (Wildman–Crippen LogP) is 2.42. The zero-order valence-corrected chi connectivity index (χ0v) is 12.5. The number of amides is 1. The number of nitrogens with two attached hydrogens (primary N) is 1. The summed E-state index contributed by atoms with van der Waals surface area (Å²) in [4.78, 5) is 10.8. The maximum atomic E-state index is 11.6. The summed E-state index contributed by atoms with van der Waals surface area (Å²) in [6.07, 6.45) is 8.82. The summed E-state index contributed by atoms with van der Waals surface area (Å²) in [5.74, 6) is -0.680. The minimum absolute atomic E-state index is 0.0755. The van der Waals surface area contributed by atoms with Crippen LogP contribution in [0.5, 0.6) is 0 Å². The summed E-state index contributed by atoms with van der Waals surface area (Å²) in [6, 6.07) is 0. The van der Waals surface area contributed by atoms with Gasteiger partial charge in [0.05, 0.1) is 5.75 Å². The lowest BCUT2D eigenvalue weighted by Crippen LogP contribution is -2.34. The van der Waals surface area contributed by atoms with Gasteiger partial charge in [0.2, 0.25) is 5.91 Å². The molecule has 0 aromatic carbocycles. The zero-order valence-electron chi connectivity index (χ0n) is 11.7. The van der Waals surface area contributed by atoms with Gasteiger partial charge in [-0.05, 0) is 13.3 Å². The molecule has 18 heavy (non-hydrogen) atoms. The van der Waals surface area contributed by atoms with E-state index in [9.17, 15) is 13.2 Å². The molecule has 5 heteroatoms. The van der Waals surface area contributed by atoms with Crippen molar-refractivity contribution in [3.8, 4) is 0 Å². The van der Waals surface area contributed by atoms with Crippen LogP contribution in [0.2, 0.25) is 0 Å². The van der Waals surface area contributed by atoms with Crippen LogP contribution in [-0.2, 0) is 14.6 Å². The quantitative estimate of drug-likeness (QED) is 0.589. The first-order chi connectivity index (χ1) is 8.41. The monoisotopic (exact) mass is 277 g/mol. The summed E-state index contributed by atoms with van der Waals surface area (Å²) >= 11 is 0. The van der Waals surface area contributed by atoms with E-state index in [0.29, 0.717) is 6.42 Å². The van der Waals surface area contributed by atoms with Gasteiger partial charge in [0.25, 0.3) is 0 Å². The molecule has 0 aromatic rings. The molecular weight excluding hydrogens is 250 g/mol. The lowest BCUT2D eigenvalue weighted by molar-refractivity contribution is -0.117. The summed E-state index contributed by atoms with van der Waals surface area (Å²) in [5, 5.41) is -1.05. The Bertz CT molecular complexity index is 325. The molecule has 0 aliphatic heterocycles. The Kier molecular flexibility index (Phi) is 9.06. The van der Waals surface area contributed by atoms with Crippen molar-refractivity contribution in [2.45, 2.75) is 70.5 Å². The van der Waals surface area contributed by atoms with E-state index in [-0.39, 0.29) is 5.75 Å². The normalized spacial score (nSPS) is 13.4. The number of carbonyl (C=O) groups excluding carboxylic acids is 1. The number of carbonyl (C=O) groups is 1. The first kappa shape index (κ1) is 17.4. The molecule has 0 bridgehead atoms. The molecule has 4 nitrogen and oxygen atoms in total. The first-order valence-electron chi connectivity index (χ1n) is 6.92. The van der Waals surface area contributed by atoms with Crippen molar-refractivity contribution in [3.05, 3.63) is 0 Å². The topological polar surface area (TPSA) is 77.2 Å². The van der Waals surface area contributed by atoms with E-state index < -0.39 is 21.0 Å². The highest BCUT2D eigenvalue weighted by atomic mass is 32.2. The maximum absolute atomic E-state index is 11.6. The SMILES string of the molecule is CCCCCCCCCCS(=O)(=O)[C@@H](C)C(N)=O. The number of sulfone groups is 1. The molecule has 0 saturated heterocycles. The second kappa shape index (κ2) is 9.36. The van der Waals surface area contributed by atoms with Crippen LogP contribution in [0.1, 0.15) is 65.2 Å². The second-order valence-electron chi connectivity index (χ2n) is 4.89. The molecule has 0 radical (unpaired) electrons. The van der Waals surface area contributed by atoms with Gasteiger partial charge in [-0.3, -0.25) is 4.79 Å². The van der Waals surface area contributed by atoms with Gasteiger partial charge in [0, 0.05) is 0 Å². The second-order valence-corrected chi connectivity index (χ2v) is 7.33. The van der Waals surface area contributed by atoms with E-state index in [1.165, 1.54) is 39.0 Å². The predicted molar refractivity (Wildman–Crippen MR) is 75.1 cm³/mol. The van der Waals surface area contributed by atoms with Crippen LogP contribution in [0.25, 0.3) is 0 Å². The van der Waals surface area contributed by atoms with Crippen molar-refractivity contribution >= 4 is 15.7 Å². The molecule has 0 fully saturated rings. The Morgan fingerprint density at radius 2 is 1.44 bits per heavy atom. The molecule has 0 aliphatic rings. The Morgan fingerprint density at radius 3 is 1.89 bits per heavy atom. The fourth-order valence-corrected chi connectivity index (χ4v) is 3.10. The highest BCUT2D eigenvalue weighted by Gasteiger charge is 2.24. The van der Waals surface area contributed by atoms with Gasteiger partial charge in [-0.15, -0.1) is 0 Å². The van der Waals surface area contributed by atoms with Gasteiger partial charge >= 0.3 is 0 Å². The number of hydrogen-bond acceptors (Lipinski definition) is 3. The van der Waals surface area contributed by atoms with Crippen LogP contribution in [-0.4, -0.2) is 25.3 Å². The van der Waals surface area contributed by atoms with E-state index in [1.54, 1.807) is 0 Å². The molecule has 0 aromatic heterocycles. The Balaban J connectivity index is 3.63. The molecule has 108 valence electrons. The third-order valence-electron chi connectivity index (χ3n) is 3.22. The summed E-state index contributed by atoms with van der Waals surface area (Å²) in [7, 11) is -3.34. The van der Waals surface area contributed by atoms with Crippen molar-refractivity contribution in [3.63, 3.8) is 0 Å². The summed E-state index contributed by atoms with van der Waals surface area (Å²) in [6.45, 7) is 3.55. The number of rotatable bonds is 11. The van der Waals surface area contributed by atoms with Crippen LogP contribution < -0.4 is 5.73 Å². The van der Waals surface area contributed by atoms with Crippen molar-refractivity contribution in [1.29, 1.82) is 0 Å². The lowest BCUT2D eigenvalue weighted by atomic mass is 10.1. The van der Waals surface area contributed by atoms with Gasteiger partial charge in [-0.1, -0.05) is 51.9 Å². The van der Waals surface area contributed by atoms with Crippen LogP contribution >= 0.6 is 0 Å². The molecule has 1 amide bonds. The molecule has 2 N–H and O–H groups in total. The maximum Gasteiger partial charge on any atom is 0.235 e. The largest absolute Gasteiger partial charge is 0.369 e. The van der Waals surface area contributed by atoms with Crippen molar-refractivity contribution in [2.24, 2.45) is 5.73 Å². The zero-order chi connectivity index (χ0) is 14.0. The number of unbranched alkanes of at least 4 members (excludes halogenated alkanes) is 7. The molecule has 0 unspecified atom stereocenters. The molecule has 0 spiro atoms. The highest BCUT2D eigenvalue weighted by Crippen LogP contribution is 2.10. The minimum Gasteiger partial charge on any atom is -0.369 e. The van der Waals surface area contributed by atoms with Crippen molar-refractivity contribution in [2.75, 3.05) is 5.75 Å². The Labute approximate surface area is 111 Å². The van der Waals surface area contributed by atoms with Crippen LogP contribution in [0, 0.1) is 0 Å². The molecule has 0 saturated carbocycles. The Hall–Kier alpha value is -0.580. The fraction of sp³-hybridized carbons (Fsp3) is 0.923. The molecule has 0 aliphatic carbocycles. The van der Waals surface area contributed by atoms with Gasteiger partial charge in [0.15, 0.2) is 9.84 Å². The lowest BCUT2D eigenvalue weighted by Gasteiger charge is -2.08. The van der Waals surface area contributed by atoms with Crippen molar-refractivity contribution in [1.82, 2.24) is 0 Å². The highest BCUT2D eigenvalue weighted by molar-refractivity contribution is 7.92. The van der Waals surface area contributed by atoms with E-state index in [1.807, 2.05) is 0 Å². The van der Waals surface area contributed by atoms with E-state index in [4.69, 9.17) is 5.73 Å². The van der Waals surface area contributed by atoms with Crippen LogP contribution in [0.15, 0.2) is 0 Å². The van der Waals surface area contributed by atoms with Gasteiger partial charge in [-0.25, -0.2) is 8.42 Å². The van der Waals surface area contributed by atoms with E-state index >= 15 is 0 Å². The molecule has 1 atom stereocenters.